The molecule has 7 rings (SSSR count). The molecule has 2 amide bonds. The Balaban J connectivity index is 0.893. The summed E-state index contributed by atoms with van der Waals surface area (Å²) in [5.74, 6) is -0.703. The Morgan fingerprint density at radius 3 is 1.25 bits per heavy atom. The van der Waals surface area contributed by atoms with Crippen LogP contribution in [0.3, 0.4) is 0 Å². The first-order valence-electron chi connectivity index (χ1n) is 54.7. The molecule has 145 heavy (non-hydrogen) atoms. The summed E-state index contributed by atoms with van der Waals surface area (Å²) in [6, 6.07) is 0.234. The number of hydrogen-bond donors (Lipinski definition) is 2. The minimum Gasteiger partial charge on any atom is -0.458 e. The maximum absolute atomic E-state index is 14.5. The Kier molecular flexibility index (Phi) is 58.8. The van der Waals surface area contributed by atoms with Crippen molar-refractivity contribution in [2.45, 2.75) is 408 Å². The van der Waals surface area contributed by atoms with Crippen LogP contribution in [0.4, 0.5) is 0 Å². The molecule has 37 nitrogen and oxygen atoms in total. The van der Waals surface area contributed by atoms with Crippen molar-refractivity contribution in [3.05, 3.63) is 10.4 Å². The number of carbonyl (C=O) groups excluding carboxylic acids is 12. The number of esters is 6. The number of amides is 2. The fraction of sp³-hybridized carbons (Fsp3) is 0.889. The Hall–Kier alpha value is -6.81. The Morgan fingerprint density at radius 2 is 0.786 bits per heavy atom. The fourth-order valence-corrected chi connectivity index (χ4v) is 23.2. The highest BCUT2D eigenvalue weighted by molar-refractivity contribution is 5.80. The van der Waals surface area contributed by atoms with Gasteiger partial charge in [0, 0.05) is 186 Å². The smallest absolute Gasteiger partial charge is 0.303 e. The molecule has 19 unspecified atom stereocenters. The minimum atomic E-state index is -1.10. The molecular weight excluding hydrogens is 1880 g/mol. The van der Waals surface area contributed by atoms with Gasteiger partial charge in [-0.15, -0.1) is 0 Å². The van der Waals surface area contributed by atoms with Crippen molar-refractivity contribution in [3.63, 3.8) is 0 Å². The number of Topliss-reactive ketones (excluding diaryl/α,β-unsaturated/α-hetero) is 4. The molecule has 3 saturated heterocycles. The predicted molar refractivity (Wildman–Crippen MR) is 534 cm³/mol. The SMILES string of the molecule is CCC1OC(OCCCCCOCCCC(=O)CCOCC(COCCC(=O)CCCOCCOCCOC2OC(CC)C(OC(C)=O)C(OC(C)=O)C2C)(COCCC(=O)CCCOCCOCCOC2OC(CC)C(OC(C)=O)C(OC(C)=O)C2C)CC(=O)CCCCCNC(=O)CC[C@@H](C)[C@H]2CCC3C4CCC5C[C@@H](NC(=O)CCCCCN=[N+]=[N-])CC[C@]5(C)C4CC[C@@]32C)C(C)C(OC(C)=O)C1OC(C)=O. The summed E-state index contributed by atoms with van der Waals surface area (Å²) in [6.07, 6.45) is 14.7. The summed E-state index contributed by atoms with van der Waals surface area (Å²) in [6.45, 7) is 31.0. The zero-order valence-corrected chi connectivity index (χ0v) is 90.2. The maximum atomic E-state index is 14.5. The molecule has 0 aromatic rings. The van der Waals surface area contributed by atoms with Crippen LogP contribution in [0.15, 0.2) is 5.11 Å². The standard InChI is InChI=1S/C108H181N5O32/c1-16-92-100(140-79(11)117)97(137-76(8)114)73(5)103(143-92)134-55-27-21-26-51-126-52-28-32-84(120)44-56-131-69-108(70-132-57-45-85(121)33-29-53-127-59-61-129-63-65-135-104-74(6)98(138-77(9)115)101(141-80(12)118)93(17-2)144-104,71-133-58-46-86(122)34-30-54-128-60-62-130-64-66-136-105-75(7)99(139-78(10)116)102(142-81(13)119)94(18-3)145-105)68-87(123)31-22-19-24-49-110-95(124)41-36-72(4)89-39-40-90-88-38-37-82-67-83(112-96(125)35-23-20-25-50-111-113-109)42-47-106(82,14)91(88)43-48-107(89,90)15/h72-75,82-83,88-94,97-105H,16-71H2,1-15H3,(H,110,124)(H,112,125)/t72-,73?,74?,75?,82?,83+,88?,89-,90?,91?,92?,93?,94?,97?,98?,99?,100?,101?,102?,103?,104?,105?,106+,107-,108?/m1/s1. The summed E-state index contributed by atoms with van der Waals surface area (Å²) in [5.41, 5.74) is 8.01. The topological polar surface area (TPSA) is 462 Å². The fourth-order valence-electron chi connectivity index (χ4n) is 23.2. The van der Waals surface area contributed by atoms with Crippen LogP contribution < -0.4 is 10.6 Å². The normalized spacial score (nSPS) is 28.6. The van der Waals surface area contributed by atoms with E-state index in [0.717, 1.165) is 57.8 Å². The zero-order chi connectivity index (χ0) is 106. The Bertz CT molecular complexity index is 3660. The molecule has 4 aliphatic carbocycles. The number of ether oxygens (including phenoxy) is 20. The first-order valence-corrected chi connectivity index (χ1v) is 54.7. The van der Waals surface area contributed by atoms with Crippen molar-refractivity contribution in [2.75, 3.05) is 139 Å². The summed E-state index contributed by atoms with van der Waals surface area (Å²) in [7, 11) is 0. The number of nitrogens with zero attached hydrogens (tertiary/aromatic N) is 3. The van der Waals surface area contributed by atoms with Gasteiger partial charge < -0.3 is 105 Å². The van der Waals surface area contributed by atoms with Crippen molar-refractivity contribution in [2.24, 2.45) is 74.6 Å². The highest BCUT2D eigenvalue weighted by atomic mass is 16.7. The Labute approximate surface area is 861 Å². The molecule has 0 spiro atoms. The van der Waals surface area contributed by atoms with Crippen molar-refractivity contribution in [1.82, 2.24) is 10.6 Å². The number of ketones is 4. The van der Waals surface area contributed by atoms with Crippen molar-refractivity contribution < 1.29 is 152 Å². The molecule has 24 atom stereocenters. The summed E-state index contributed by atoms with van der Waals surface area (Å²) in [5, 5.41) is 10.2. The van der Waals surface area contributed by atoms with Crippen LogP contribution in [0.2, 0.25) is 0 Å². The van der Waals surface area contributed by atoms with E-state index >= 15 is 0 Å². The minimum absolute atomic E-state index is 0.0265. The van der Waals surface area contributed by atoms with Crippen molar-refractivity contribution in [1.29, 1.82) is 0 Å². The largest absolute Gasteiger partial charge is 0.458 e. The van der Waals surface area contributed by atoms with Crippen LogP contribution in [0.5, 0.6) is 0 Å². The van der Waals surface area contributed by atoms with Crippen LogP contribution in [-0.4, -0.2) is 289 Å². The summed E-state index contributed by atoms with van der Waals surface area (Å²) < 4.78 is 118. The molecule has 0 bridgehead atoms. The van der Waals surface area contributed by atoms with Crippen molar-refractivity contribution >= 4 is 70.8 Å². The van der Waals surface area contributed by atoms with Gasteiger partial charge in [-0.25, -0.2) is 0 Å². The summed E-state index contributed by atoms with van der Waals surface area (Å²) in [4.78, 5) is 156. The molecule has 0 aromatic heterocycles. The van der Waals surface area contributed by atoms with E-state index in [9.17, 15) is 57.5 Å². The third kappa shape index (κ3) is 43.8. The second-order valence-electron chi connectivity index (χ2n) is 42.0. The molecule has 3 aliphatic heterocycles. The number of nitrogens with one attached hydrogen (secondary N) is 2. The predicted octanol–water partition coefficient (Wildman–Crippen LogP) is 15.5. The molecule has 0 radical (unpaired) electrons. The Morgan fingerprint density at radius 1 is 0.393 bits per heavy atom. The van der Waals surface area contributed by atoms with Crippen LogP contribution in [0.1, 0.15) is 329 Å². The second-order valence-corrected chi connectivity index (χ2v) is 42.0. The molecule has 0 aromatic carbocycles. The number of carbonyl (C=O) groups is 12. The van der Waals surface area contributed by atoms with E-state index in [2.05, 4.69) is 41.4 Å². The second kappa shape index (κ2) is 68.2. The molecule has 7 aliphatic rings. The number of fused-ring (bicyclic) bond motifs is 5. The van der Waals surface area contributed by atoms with Gasteiger partial charge in [0.25, 0.3) is 0 Å². The maximum Gasteiger partial charge on any atom is 0.303 e. The van der Waals surface area contributed by atoms with Gasteiger partial charge in [-0.2, -0.15) is 0 Å². The number of hydrogen-bond acceptors (Lipinski definition) is 33. The van der Waals surface area contributed by atoms with Gasteiger partial charge in [-0.1, -0.05) is 80.3 Å². The molecular formula is C108H181N5O32. The third-order valence-electron chi connectivity index (χ3n) is 30.7. The lowest BCUT2D eigenvalue weighted by atomic mass is 9.44. The molecule has 4 saturated carbocycles. The van der Waals surface area contributed by atoms with E-state index in [4.69, 9.17) is 100 Å². The number of unbranched alkanes of at least 4 members (excludes halogenated alkanes) is 6. The first kappa shape index (κ1) is 125. The molecule has 7 fully saturated rings. The molecule has 3 heterocycles. The van der Waals surface area contributed by atoms with E-state index in [1.54, 1.807) is 13.8 Å². The van der Waals surface area contributed by atoms with E-state index in [-0.39, 0.29) is 196 Å². The quantitative estimate of drug-likeness (QED) is 0.0143. The average molecular weight is 2060 g/mol. The van der Waals surface area contributed by atoms with Crippen molar-refractivity contribution in [3.8, 4) is 0 Å². The van der Waals surface area contributed by atoms with Gasteiger partial charge in [0.05, 0.1) is 92.5 Å². The van der Waals surface area contributed by atoms with E-state index < -0.39 is 133 Å². The van der Waals surface area contributed by atoms with E-state index in [1.165, 1.54) is 80.1 Å². The molecule has 830 valence electrons. The van der Waals surface area contributed by atoms with Gasteiger partial charge in [0.15, 0.2) is 37.2 Å². The molecule has 37 heteroatoms. The average Bonchev–Trinajstić information content (AvgIpc) is 1.65. The summed E-state index contributed by atoms with van der Waals surface area (Å²) >= 11 is 0. The van der Waals surface area contributed by atoms with Crippen LogP contribution in [0, 0.1) is 69.5 Å². The zero-order valence-electron chi connectivity index (χ0n) is 90.2. The van der Waals surface area contributed by atoms with Gasteiger partial charge >= 0.3 is 35.8 Å². The van der Waals surface area contributed by atoms with Crippen LogP contribution in [-0.2, 0) is 152 Å². The lowest BCUT2D eigenvalue weighted by Crippen LogP contribution is -2.57. The van der Waals surface area contributed by atoms with Crippen LogP contribution in [0.25, 0.3) is 10.4 Å². The monoisotopic (exact) mass is 2060 g/mol. The first-order chi connectivity index (χ1) is 69.6. The van der Waals surface area contributed by atoms with Crippen LogP contribution >= 0.6 is 0 Å². The van der Waals surface area contributed by atoms with E-state index in [1.807, 2.05) is 27.7 Å². The number of rotatable bonds is 76. The van der Waals surface area contributed by atoms with Gasteiger partial charge in [-0.05, 0) is 200 Å². The molecule has 2 N–H and O–H groups in total. The third-order valence-corrected chi connectivity index (χ3v) is 30.7. The van der Waals surface area contributed by atoms with Gasteiger partial charge in [0.1, 0.15) is 59.8 Å². The lowest BCUT2D eigenvalue weighted by Gasteiger charge is -2.61. The number of azide groups is 1. The van der Waals surface area contributed by atoms with E-state index in [0.29, 0.717) is 159 Å². The van der Waals surface area contributed by atoms with Gasteiger partial charge in [0.2, 0.25) is 11.8 Å². The van der Waals surface area contributed by atoms with Gasteiger partial charge in [-0.3, -0.25) is 57.5 Å². The highest BCUT2D eigenvalue weighted by Gasteiger charge is 2.61. The lowest BCUT2D eigenvalue weighted by molar-refractivity contribution is -0.285. The highest BCUT2D eigenvalue weighted by Crippen LogP contribution is 2.68.